The smallest absolute Gasteiger partial charge is 0.237 e. The van der Waals surface area contributed by atoms with Gasteiger partial charge in [0.1, 0.15) is 0 Å². The van der Waals surface area contributed by atoms with Crippen molar-refractivity contribution in [3.63, 3.8) is 0 Å². The molecule has 0 radical (unpaired) electrons. The lowest BCUT2D eigenvalue weighted by Gasteiger charge is -2.17. The summed E-state index contributed by atoms with van der Waals surface area (Å²) in [6, 6.07) is 17.8. The van der Waals surface area contributed by atoms with Crippen molar-refractivity contribution in [2.24, 2.45) is 0 Å². The van der Waals surface area contributed by atoms with Crippen LogP contribution in [0.15, 0.2) is 58.9 Å². The number of para-hydroxylation sites is 2. The zero-order chi connectivity index (χ0) is 19.9. The van der Waals surface area contributed by atoms with E-state index in [-0.39, 0.29) is 11.2 Å². The second kappa shape index (κ2) is 9.71. The minimum atomic E-state index is -0.275. The van der Waals surface area contributed by atoms with Gasteiger partial charge in [-0.25, -0.2) is 0 Å². The summed E-state index contributed by atoms with van der Waals surface area (Å²) < 4.78 is 0.760. The van der Waals surface area contributed by atoms with Gasteiger partial charge in [-0.05, 0) is 43.0 Å². The van der Waals surface area contributed by atoms with Gasteiger partial charge in [0.05, 0.1) is 5.25 Å². The Morgan fingerprint density at radius 1 is 1.07 bits per heavy atom. The first-order chi connectivity index (χ1) is 13.6. The molecule has 0 fully saturated rings. The topological polar surface area (TPSA) is 66.9 Å². The molecule has 0 spiro atoms. The lowest BCUT2D eigenvalue weighted by Crippen LogP contribution is -2.23. The van der Waals surface area contributed by atoms with Crippen LogP contribution < -0.4 is 10.6 Å². The summed E-state index contributed by atoms with van der Waals surface area (Å²) in [6.07, 6.45) is 1.03. The van der Waals surface area contributed by atoms with Crippen LogP contribution in [0, 0.1) is 0 Å². The highest BCUT2D eigenvalue weighted by Gasteiger charge is 2.19. The molecule has 146 valence electrons. The molecule has 5 nitrogen and oxygen atoms in total. The molecule has 0 aliphatic heterocycles. The van der Waals surface area contributed by atoms with Crippen LogP contribution in [-0.2, 0) is 4.79 Å². The number of thioether (sulfide) groups is 1. The second-order valence-corrected chi connectivity index (χ2v) is 9.08. The highest BCUT2D eigenvalue weighted by Crippen LogP contribution is 2.32. The predicted octanol–water partition coefficient (Wildman–Crippen LogP) is 5.91. The van der Waals surface area contributed by atoms with E-state index in [4.69, 9.17) is 0 Å². The van der Waals surface area contributed by atoms with E-state index in [9.17, 15) is 4.79 Å². The van der Waals surface area contributed by atoms with Crippen LogP contribution in [0.25, 0.3) is 0 Å². The molecule has 2 atom stereocenters. The fourth-order valence-electron chi connectivity index (χ4n) is 2.65. The lowest BCUT2D eigenvalue weighted by atomic mass is 9.97. The van der Waals surface area contributed by atoms with Gasteiger partial charge in [-0.2, -0.15) is 0 Å². The largest absolute Gasteiger partial charge is 0.330 e. The Labute approximate surface area is 174 Å². The van der Waals surface area contributed by atoms with E-state index in [0.29, 0.717) is 11.0 Å². The third kappa shape index (κ3) is 5.33. The van der Waals surface area contributed by atoms with Crippen LogP contribution in [0.2, 0.25) is 0 Å². The second-order valence-electron chi connectivity index (χ2n) is 6.51. The van der Waals surface area contributed by atoms with E-state index in [1.807, 2.05) is 55.5 Å². The Bertz CT molecular complexity index is 914. The molecule has 1 amide bonds. The molecule has 0 bridgehead atoms. The van der Waals surface area contributed by atoms with Crippen LogP contribution in [0.5, 0.6) is 0 Å². The van der Waals surface area contributed by atoms with Gasteiger partial charge in [-0.3, -0.25) is 4.79 Å². The average molecular weight is 413 g/mol. The maximum atomic E-state index is 12.7. The van der Waals surface area contributed by atoms with Crippen molar-refractivity contribution in [3.8, 4) is 0 Å². The number of benzene rings is 2. The number of rotatable bonds is 8. The Hall–Kier alpha value is -2.38. The minimum Gasteiger partial charge on any atom is -0.330 e. The maximum absolute atomic E-state index is 12.7. The first kappa shape index (κ1) is 20.4. The molecule has 0 saturated carbocycles. The third-order valence-corrected chi connectivity index (χ3v) is 6.46. The summed E-state index contributed by atoms with van der Waals surface area (Å²) in [5.41, 5.74) is 3.02. The quantitative estimate of drug-likeness (QED) is 0.450. The van der Waals surface area contributed by atoms with Gasteiger partial charge in [0, 0.05) is 11.4 Å². The number of hydrogen-bond acceptors (Lipinski definition) is 6. The predicted molar refractivity (Wildman–Crippen MR) is 119 cm³/mol. The highest BCUT2D eigenvalue weighted by atomic mass is 32.2. The number of hydrogen-bond donors (Lipinski definition) is 2. The van der Waals surface area contributed by atoms with Gasteiger partial charge in [0.2, 0.25) is 11.0 Å². The average Bonchev–Trinajstić information content (AvgIpc) is 3.15. The fraction of sp³-hybridized carbons (Fsp3) is 0.286. The highest BCUT2D eigenvalue weighted by molar-refractivity contribution is 8.02. The van der Waals surface area contributed by atoms with E-state index < -0.39 is 0 Å². The van der Waals surface area contributed by atoms with Crippen LogP contribution >= 0.6 is 23.1 Å². The molecule has 3 aromatic rings. The maximum Gasteiger partial charge on any atom is 0.237 e. The number of anilines is 3. The number of carbonyl (C=O) groups excluding carboxylic acids is 1. The summed E-state index contributed by atoms with van der Waals surface area (Å²) in [7, 11) is 0. The summed E-state index contributed by atoms with van der Waals surface area (Å²) in [5.74, 6) is 0.364. The lowest BCUT2D eigenvalue weighted by molar-refractivity contribution is -0.115. The van der Waals surface area contributed by atoms with Gasteiger partial charge in [-0.1, -0.05) is 73.3 Å². The molecular formula is C21H24N4OS2. The van der Waals surface area contributed by atoms with Crippen molar-refractivity contribution in [2.75, 3.05) is 10.6 Å². The monoisotopic (exact) mass is 412 g/mol. The SMILES string of the molecule is CC[C@H](C)c1ccccc1NC(=O)[C@@H](C)Sc1nnc(Nc2ccccc2)s1. The molecule has 28 heavy (non-hydrogen) atoms. The zero-order valence-electron chi connectivity index (χ0n) is 16.2. The standard InChI is InChI=1S/C21H24N4OS2/c1-4-14(2)17-12-8-9-13-18(17)23-19(26)15(3)27-21-25-24-20(28-21)22-16-10-6-5-7-11-16/h5-15H,4H2,1-3H3,(H,22,24)(H,23,26)/t14-,15+/m0/s1. The first-order valence-electron chi connectivity index (χ1n) is 9.28. The third-order valence-electron chi connectivity index (χ3n) is 4.44. The molecule has 0 unspecified atom stereocenters. The van der Waals surface area contributed by atoms with E-state index in [1.165, 1.54) is 28.7 Å². The molecule has 0 aliphatic rings. The van der Waals surface area contributed by atoms with Crippen molar-refractivity contribution >= 4 is 45.5 Å². The number of amides is 1. The van der Waals surface area contributed by atoms with Gasteiger partial charge < -0.3 is 10.6 Å². The summed E-state index contributed by atoms with van der Waals surface area (Å²) >= 11 is 2.86. The minimum absolute atomic E-state index is 0.0338. The van der Waals surface area contributed by atoms with Crippen LogP contribution in [0.4, 0.5) is 16.5 Å². The Morgan fingerprint density at radius 3 is 2.54 bits per heavy atom. The summed E-state index contributed by atoms with van der Waals surface area (Å²) in [6.45, 7) is 6.21. The first-order valence-corrected chi connectivity index (χ1v) is 11.0. The summed E-state index contributed by atoms with van der Waals surface area (Å²) in [4.78, 5) is 12.7. The van der Waals surface area contributed by atoms with Crippen molar-refractivity contribution in [1.82, 2.24) is 10.2 Å². The van der Waals surface area contributed by atoms with Crippen LogP contribution in [-0.4, -0.2) is 21.4 Å². The van der Waals surface area contributed by atoms with E-state index >= 15 is 0 Å². The number of nitrogens with zero attached hydrogens (tertiary/aromatic N) is 2. The molecule has 3 rings (SSSR count). The van der Waals surface area contributed by atoms with Crippen LogP contribution in [0.1, 0.15) is 38.7 Å². The van der Waals surface area contributed by atoms with Gasteiger partial charge in [0.15, 0.2) is 4.34 Å². The van der Waals surface area contributed by atoms with E-state index in [0.717, 1.165) is 22.1 Å². The molecule has 2 N–H and O–H groups in total. The number of carbonyl (C=O) groups is 1. The van der Waals surface area contributed by atoms with Gasteiger partial charge in [-0.15, -0.1) is 10.2 Å². The van der Waals surface area contributed by atoms with E-state index in [1.54, 1.807) is 0 Å². The van der Waals surface area contributed by atoms with Crippen molar-refractivity contribution < 1.29 is 4.79 Å². The van der Waals surface area contributed by atoms with Crippen molar-refractivity contribution in [2.45, 2.75) is 42.7 Å². The fourth-order valence-corrected chi connectivity index (χ4v) is 4.57. The Balaban J connectivity index is 1.61. The molecule has 0 aliphatic carbocycles. The van der Waals surface area contributed by atoms with Crippen molar-refractivity contribution in [3.05, 3.63) is 60.2 Å². The van der Waals surface area contributed by atoms with Gasteiger partial charge >= 0.3 is 0 Å². The Kier molecular flexibility index (Phi) is 7.06. The molecule has 2 aromatic carbocycles. The van der Waals surface area contributed by atoms with Gasteiger partial charge in [0.25, 0.3) is 0 Å². The summed E-state index contributed by atoms with van der Waals surface area (Å²) in [5, 5.41) is 15.1. The number of nitrogens with one attached hydrogen (secondary N) is 2. The Morgan fingerprint density at radius 2 is 1.79 bits per heavy atom. The normalized spacial score (nSPS) is 13.0. The molecule has 0 saturated heterocycles. The molecule has 7 heteroatoms. The van der Waals surface area contributed by atoms with Crippen molar-refractivity contribution in [1.29, 1.82) is 0 Å². The zero-order valence-corrected chi connectivity index (χ0v) is 17.8. The van der Waals surface area contributed by atoms with Crippen LogP contribution in [0.3, 0.4) is 0 Å². The molecular weight excluding hydrogens is 388 g/mol. The number of aromatic nitrogens is 2. The van der Waals surface area contributed by atoms with E-state index in [2.05, 4.69) is 40.7 Å². The molecule has 1 heterocycles. The molecule has 1 aromatic heterocycles.